The van der Waals surface area contributed by atoms with Crippen LogP contribution < -0.4 is 0 Å². The number of hydrogen-bond donors (Lipinski definition) is 1. The number of carbonyl (C=O) groups is 2. The Morgan fingerprint density at radius 2 is 1.21 bits per heavy atom. The van der Waals surface area contributed by atoms with Crippen LogP contribution in [0.15, 0.2) is 103 Å². The van der Waals surface area contributed by atoms with Crippen LogP contribution in [-0.2, 0) is 15.1 Å². The smallest absolute Gasteiger partial charge is 0.331 e. The molecule has 0 radical (unpaired) electrons. The first-order valence-electron chi connectivity index (χ1n) is 8.80. The average molecular weight is 372 g/mol. The van der Waals surface area contributed by atoms with E-state index in [1.54, 1.807) is 78.9 Å². The van der Waals surface area contributed by atoms with Gasteiger partial charge in [0.1, 0.15) is 5.60 Å². The summed E-state index contributed by atoms with van der Waals surface area (Å²) >= 11 is 0. The Morgan fingerprint density at radius 3 is 1.64 bits per heavy atom. The molecule has 0 bridgehead atoms. The number of methoxy groups -OCH3 is 1. The first kappa shape index (κ1) is 19.3. The van der Waals surface area contributed by atoms with Gasteiger partial charge in [0.2, 0.25) is 0 Å². The molecule has 4 nitrogen and oxygen atoms in total. The van der Waals surface area contributed by atoms with Crippen LogP contribution in [-0.4, -0.2) is 24.0 Å². The van der Waals surface area contributed by atoms with Crippen LogP contribution in [0.4, 0.5) is 0 Å². The lowest BCUT2D eigenvalue weighted by Crippen LogP contribution is -2.34. The Labute approximate surface area is 163 Å². The molecule has 1 N–H and O–H groups in total. The van der Waals surface area contributed by atoms with Gasteiger partial charge in [-0.05, 0) is 11.1 Å². The highest BCUT2D eigenvalue weighted by Gasteiger charge is 2.40. The summed E-state index contributed by atoms with van der Waals surface area (Å²) in [6, 6.07) is 26.1. The van der Waals surface area contributed by atoms with Gasteiger partial charge in [-0.1, -0.05) is 91.0 Å². The van der Waals surface area contributed by atoms with Gasteiger partial charge in [0.15, 0.2) is 5.78 Å². The minimum Gasteiger partial charge on any atom is -0.466 e. The third-order valence-corrected chi connectivity index (χ3v) is 4.52. The van der Waals surface area contributed by atoms with Gasteiger partial charge in [0, 0.05) is 17.2 Å². The third-order valence-electron chi connectivity index (χ3n) is 4.52. The fourth-order valence-corrected chi connectivity index (χ4v) is 3.09. The molecule has 0 heterocycles. The topological polar surface area (TPSA) is 63.6 Å². The summed E-state index contributed by atoms with van der Waals surface area (Å²) in [5, 5.41) is 11.9. The molecule has 3 aromatic carbocycles. The second-order valence-electron chi connectivity index (χ2n) is 6.22. The maximum Gasteiger partial charge on any atom is 0.331 e. The lowest BCUT2D eigenvalue weighted by molar-refractivity contribution is -0.135. The normalized spacial score (nSPS) is 11.7. The number of ketones is 1. The summed E-state index contributed by atoms with van der Waals surface area (Å²) < 4.78 is 4.75. The third kappa shape index (κ3) is 3.77. The molecule has 140 valence electrons. The Balaban J connectivity index is 2.28. The van der Waals surface area contributed by atoms with Crippen molar-refractivity contribution in [3.63, 3.8) is 0 Å². The second-order valence-corrected chi connectivity index (χ2v) is 6.22. The van der Waals surface area contributed by atoms with E-state index >= 15 is 0 Å². The van der Waals surface area contributed by atoms with Crippen molar-refractivity contribution < 1.29 is 19.4 Å². The summed E-state index contributed by atoms with van der Waals surface area (Å²) in [5.74, 6) is -1.18. The zero-order valence-corrected chi connectivity index (χ0v) is 15.4. The van der Waals surface area contributed by atoms with E-state index in [2.05, 4.69) is 0 Å². The van der Waals surface area contributed by atoms with Crippen LogP contribution in [0.3, 0.4) is 0 Å². The SMILES string of the molecule is COC(=O)/C=C(\C(=O)c1ccccc1)C(O)(c1ccccc1)c1ccccc1. The molecular weight excluding hydrogens is 352 g/mol. The predicted octanol–water partition coefficient (Wildman–Crippen LogP) is 3.90. The van der Waals surface area contributed by atoms with E-state index in [9.17, 15) is 14.7 Å². The van der Waals surface area contributed by atoms with E-state index in [1.807, 2.05) is 12.1 Å². The van der Waals surface area contributed by atoms with E-state index in [0.29, 0.717) is 16.7 Å². The number of Topliss-reactive ketones (excluding diaryl/α,β-unsaturated/α-hetero) is 1. The van der Waals surface area contributed by atoms with Crippen LogP contribution in [0.2, 0.25) is 0 Å². The van der Waals surface area contributed by atoms with Gasteiger partial charge in [-0.3, -0.25) is 4.79 Å². The molecule has 0 unspecified atom stereocenters. The summed E-state index contributed by atoms with van der Waals surface area (Å²) in [4.78, 5) is 25.5. The highest BCUT2D eigenvalue weighted by Crippen LogP contribution is 2.38. The van der Waals surface area contributed by atoms with Gasteiger partial charge in [0.05, 0.1) is 7.11 Å². The number of carbonyl (C=O) groups excluding carboxylic acids is 2. The zero-order chi connectivity index (χ0) is 20.0. The van der Waals surface area contributed by atoms with E-state index < -0.39 is 17.4 Å². The molecule has 0 saturated heterocycles. The molecule has 0 aliphatic carbocycles. The fourth-order valence-electron chi connectivity index (χ4n) is 3.09. The van der Waals surface area contributed by atoms with Crippen molar-refractivity contribution in [3.8, 4) is 0 Å². The predicted molar refractivity (Wildman–Crippen MR) is 107 cm³/mol. The van der Waals surface area contributed by atoms with Crippen molar-refractivity contribution >= 4 is 11.8 Å². The van der Waals surface area contributed by atoms with E-state index in [1.165, 1.54) is 7.11 Å². The first-order chi connectivity index (χ1) is 13.6. The number of hydrogen-bond acceptors (Lipinski definition) is 4. The Hall–Kier alpha value is -3.50. The molecule has 0 spiro atoms. The van der Waals surface area contributed by atoms with Crippen LogP contribution >= 0.6 is 0 Å². The van der Waals surface area contributed by atoms with Gasteiger partial charge in [-0.25, -0.2) is 4.79 Å². The largest absolute Gasteiger partial charge is 0.466 e. The molecule has 3 aromatic rings. The highest BCUT2D eigenvalue weighted by molar-refractivity contribution is 6.13. The van der Waals surface area contributed by atoms with Crippen molar-refractivity contribution in [2.24, 2.45) is 0 Å². The maximum atomic E-state index is 13.4. The monoisotopic (exact) mass is 372 g/mol. The molecule has 0 amide bonds. The standard InChI is InChI=1S/C24H20O4/c1-28-22(25)17-21(23(26)18-11-5-2-6-12-18)24(27,19-13-7-3-8-14-19)20-15-9-4-10-16-20/h2-17,27H,1H3/b21-17+. The number of benzene rings is 3. The number of aliphatic hydroxyl groups is 1. The lowest BCUT2D eigenvalue weighted by Gasteiger charge is -2.31. The molecule has 0 aromatic heterocycles. The highest BCUT2D eigenvalue weighted by atomic mass is 16.5. The molecule has 3 rings (SSSR count). The average Bonchev–Trinajstić information content (AvgIpc) is 2.78. The quantitative estimate of drug-likeness (QED) is 0.405. The van der Waals surface area contributed by atoms with E-state index in [-0.39, 0.29) is 5.57 Å². The van der Waals surface area contributed by atoms with E-state index in [4.69, 9.17) is 4.74 Å². The number of ether oxygens (including phenoxy) is 1. The van der Waals surface area contributed by atoms with Crippen molar-refractivity contribution in [2.45, 2.75) is 5.60 Å². The number of rotatable bonds is 6. The van der Waals surface area contributed by atoms with Crippen molar-refractivity contribution in [1.82, 2.24) is 0 Å². The van der Waals surface area contributed by atoms with Crippen molar-refractivity contribution in [1.29, 1.82) is 0 Å². The van der Waals surface area contributed by atoms with Gasteiger partial charge in [0.25, 0.3) is 0 Å². The van der Waals surface area contributed by atoms with Crippen LogP contribution in [0, 0.1) is 0 Å². The second kappa shape index (κ2) is 8.46. The van der Waals surface area contributed by atoms with Gasteiger partial charge in [-0.15, -0.1) is 0 Å². The molecule has 28 heavy (non-hydrogen) atoms. The molecular formula is C24H20O4. The van der Waals surface area contributed by atoms with Gasteiger partial charge < -0.3 is 9.84 Å². The fraction of sp³-hybridized carbons (Fsp3) is 0.0833. The summed E-state index contributed by atoms with van der Waals surface area (Å²) in [6.45, 7) is 0. The van der Waals surface area contributed by atoms with Crippen molar-refractivity contribution in [2.75, 3.05) is 7.11 Å². The zero-order valence-electron chi connectivity index (χ0n) is 15.4. The molecule has 4 heteroatoms. The lowest BCUT2D eigenvalue weighted by atomic mass is 9.77. The summed E-state index contributed by atoms with van der Waals surface area (Å²) in [5.41, 5.74) is -0.601. The van der Waals surface area contributed by atoms with Crippen LogP contribution in [0.25, 0.3) is 0 Å². The van der Waals surface area contributed by atoms with Crippen molar-refractivity contribution in [3.05, 3.63) is 119 Å². The first-order valence-corrected chi connectivity index (χ1v) is 8.80. The molecule has 0 atom stereocenters. The summed E-state index contributed by atoms with van der Waals surface area (Å²) in [7, 11) is 1.23. The number of esters is 1. The Kier molecular flexibility index (Phi) is 5.82. The van der Waals surface area contributed by atoms with Crippen LogP contribution in [0.1, 0.15) is 21.5 Å². The Morgan fingerprint density at radius 1 is 0.786 bits per heavy atom. The Bertz CT molecular complexity index is 937. The molecule has 0 aliphatic heterocycles. The minimum atomic E-state index is -1.83. The molecule has 0 fully saturated rings. The van der Waals surface area contributed by atoms with Crippen LogP contribution in [0.5, 0.6) is 0 Å². The van der Waals surface area contributed by atoms with E-state index in [0.717, 1.165) is 6.08 Å². The maximum absolute atomic E-state index is 13.4. The molecule has 0 aliphatic rings. The van der Waals surface area contributed by atoms with Gasteiger partial charge >= 0.3 is 5.97 Å². The minimum absolute atomic E-state index is 0.0806. The summed E-state index contributed by atoms with van der Waals surface area (Å²) in [6.07, 6.45) is 1.06. The molecule has 0 saturated carbocycles. The van der Waals surface area contributed by atoms with Gasteiger partial charge in [-0.2, -0.15) is 0 Å².